The fourth-order valence-electron chi connectivity index (χ4n) is 2.12. The normalized spacial score (nSPS) is 28.9. The van der Waals surface area contributed by atoms with Gasteiger partial charge in [0.1, 0.15) is 5.75 Å². The molecule has 1 aliphatic rings. The molecule has 14 heavy (non-hydrogen) atoms. The molecule has 1 fully saturated rings. The van der Waals surface area contributed by atoms with Crippen LogP contribution in [0, 0.1) is 12.3 Å². The Balaban J connectivity index is 2.48. The second-order valence-corrected chi connectivity index (χ2v) is 5.05. The van der Waals surface area contributed by atoms with E-state index in [2.05, 4.69) is 13.8 Å². The van der Waals surface area contributed by atoms with Gasteiger partial charge in [-0.05, 0) is 24.8 Å². The van der Waals surface area contributed by atoms with Crippen LogP contribution in [0.4, 0.5) is 0 Å². The molecule has 1 unspecified atom stereocenters. The lowest BCUT2D eigenvalue weighted by atomic mass is 9.95. The van der Waals surface area contributed by atoms with Crippen molar-refractivity contribution in [3.05, 3.63) is 29.3 Å². The van der Waals surface area contributed by atoms with Gasteiger partial charge in [0.25, 0.3) is 0 Å². The molecule has 2 rings (SSSR count). The number of aryl methyl sites for hydroxylation is 1. The number of benzene rings is 1. The lowest BCUT2D eigenvalue weighted by Gasteiger charge is -2.17. The van der Waals surface area contributed by atoms with Crippen LogP contribution in [-0.4, -0.2) is 5.11 Å². The monoisotopic (exact) mass is 191 g/mol. The van der Waals surface area contributed by atoms with E-state index in [1.807, 2.05) is 19.1 Å². The van der Waals surface area contributed by atoms with Crippen molar-refractivity contribution < 1.29 is 5.11 Å². The predicted octanol–water partition coefficient (Wildman–Crippen LogP) is 2.28. The van der Waals surface area contributed by atoms with E-state index in [0.717, 1.165) is 17.5 Å². The van der Waals surface area contributed by atoms with Crippen LogP contribution in [-0.2, 0) is 5.54 Å². The second-order valence-electron chi connectivity index (χ2n) is 5.05. The summed E-state index contributed by atoms with van der Waals surface area (Å²) in [5, 5.41) is 9.76. The van der Waals surface area contributed by atoms with Crippen LogP contribution in [0.25, 0.3) is 0 Å². The zero-order chi connectivity index (χ0) is 10.6. The van der Waals surface area contributed by atoms with Gasteiger partial charge in [0.2, 0.25) is 0 Å². The highest BCUT2D eigenvalue weighted by atomic mass is 16.3. The zero-order valence-corrected chi connectivity index (χ0v) is 8.96. The smallest absolute Gasteiger partial charge is 0.120 e. The summed E-state index contributed by atoms with van der Waals surface area (Å²) in [5.74, 6) is 0.323. The number of phenolic OH excluding ortho intramolecular Hbond substituents is 1. The first kappa shape index (κ1) is 9.53. The molecule has 1 aromatic rings. The molecule has 0 aromatic heterocycles. The van der Waals surface area contributed by atoms with E-state index in [4.69, 9.17) is 5.73 Å². The number of hydrogen-bond acceptors (Lipinski definition) is 2. The number of rotatable bonds is 1. The average molecular weight is 191 g/mol. The van der Waals surface area contributed by atoms with Gasteiger partial charge in [-0.3, -0.25) is 0 Å². The lowest BCUT2D eigenvalue weighted by molar-refractivity contribution is 0.439. The molecule has 0 amide bonds. The van der Waals surface area contributed by atoms with Crippen molar-refractivity contribution in [2.75, 3.05) is 0 Å². The van der Waals surface area contributed by atoms with Gasteiger partial charge in [-0.2, -0.15) is 0 Å². The van der Waals surface area contributed by atoms with Crippen molar-refractivity contribution in [3.8, 4) is 5.75 Å². The van der Waals surface area contributed by atoms with Gasteiger partial charge >= 0.3 is 0 Å². The summed E-state index contributed by atoms with van der Waals surface area (Å²) in [7, 11) is 0. The van der Waals surface area contributed by atoms with Crippen LogP contribution in [0.2, 0.25) is 0 Å². The van der Waals surface area contributed by atoms with Crippen LogP contribution >= 0.6 is 0 Å². The quantitative estimate of drug-likeness (QED) is 0.715. The van der Waals surface area contributed by atoms with E-state index in [1.54, 1.807) is 6.07 Å². The summed E-state index contributed by atoms with van der Waals surface area (Å²) >= 11 is 0. The molecular weight excluding hydrogens is 174 g/mol. The molecule has 0 saturated heterocycles. The highest BCUT2D eigenvalue weighted by molar-refractivity contribution is 5.46. The number of phenols is 1. The molecule has 1 atom stereocenters. The minimum atomic E-state index is -0.330. The summed E-state index contributed by atoms with van der Waals surface area (Å²) in [6.07, 6.45) is 0.941. The van der Waals surface area contributed by atoms with E-state index < -0.39 is 0 Å². The van der Waals surface area contributed by atoms with Crippen molar-refractivity contribution in [1.29, 1.82) is 0 Å². The molecule has 0 radical (unpaired) electrons. The maximum atomic E-state index is 9.76. The summed E-state index contributed by atoms with van der Waals surface area (Å²) in [6, 6.07) is 5.62. The van der Waals surface area contributed by atoms with E-state index in [-0.39, 0.29) is 11.0 Å². The first-order valence-electron chi connectivity index (χ1n) is 4.96. The van der Waals surface area contributed by atoms with E-state index in [0.29, 0.717) is 5.75 Å². The molecule has 0 spiro atoms. The third-order valence-electron chi connectivity index (χ3n) is 3.44. The molecule has 1 aliphatic carbocycles. The molecule has 1 aromatic carbocycles. The maximum Gasteiger partial charge on any atom is 0.120 e. The largest absolute Gasteiger partial charge is 0.508 e. The summed E-state index contributed by atoms with van der Waals surface area (Å²) in [4.78, 5) is 0. The Morgan fingerprint density at radius 3 is 2.43 bits per heavy atom. The van der Waals surface area contributed by atoms with Gasteiger partial charge < -0.3 is 10.8 Å². The zero-order valence-electron chi connectivity index (χ0n) is 8.96. The number of hydrogen-bond donors (Lipinski definition) is 2. The number of aromatic hydroxyl groups is 1. The first-order valence-corrected chi connectivity index (χ1v) is 4.96. The fraction of sp³-hybridized carbons (Fsp3) is 0.500. The van der Waals surface area contributed by atoms with Gasteiger partial charge in [0, 0.05) is 5.56 Å². The Labute approximate surface area is 84.7 Å². The van der Waals surface area contributed by atoms with Crippen molar-refractivity contribution in [3.63, 3.8) is 0 Å². The van der Waals surface area contributed by atoms with Crippen LogP contribution in [0.1, 0.15) is 31.4 Å². The Kier molecular flexibility index (Phi) is 1.71. The summed E-state index contributed by atoms with van der Waals surface area (Å²) in [6.45, 7) is 6.28. The van der Waals surface area contributed by atoms with Crippen molar-refractivity contribution in [1.82, 2.24) is 0 Å². The highest BCUT2D eigenvalue weighted by Crippen LogP contribution is 2.61. The minimum Gasteiger partial charge on any atom is -0.508 e. The average Bonchev–Trinajstić information content (AvgIpc) is 2.58. The van der Waals surface area contributed by atoms with Crippen LogP contribution in [0.5, 0.6) is 5.75 Å². The van der Waals surface area contributed by atoms with Gasteiger partial charge in [0.05, 0.1) is 5.54 Å². The molecule has 0 heterocycles. The first-order chi connectivity index (χ1) is 6.37. The number of nitrogens with two attached hydrogens (primary N) is 1. The Hall–Kier alpha value is -1.02. The Morgan fingerprint density at radius 1 is 1.36 bits per heavy atom. The van der Waals surface area contributed by atoms with Gasteiger partial charge in [0.15, 0.2) is 0 Å². The lowest BCUT2D eigenvalue weighted by Crippen LogP contribution is -2.25. The van der Waals surface area contributed by atoms with Crippen molar-refractivity contribution in [2.45, 2.75) is 32.7 Å². The Morgan fingerprint density at radius 2 is 1.93 bits per heavy atom. The maximum absolute atomic E-state index is 9.76. The molecule has 3 N–H and O–H groups in total. The van der Waals surface area contributed by atoms with Gasteiger partial charge in [-0.25, -0.2) is 0 Å². The van der Waals surface area contributed by atoms with Crippen LogP contribution < -0.4 is 5.73 Å². The third kappa shape index (κ3) is 1.14. The van der Waals surface area contributed by atoms with Crippen molar-refractivity contribution >= 4 is 0 Å². The predicted molar refractivity (Wildman–Crippen MR) is 57.1 cm³/mol. The SMILES string of the molecule is Cc1ccc(O)c(C2(N)CC2(C)C)c1. The third-order valence-corrected chi connectivity index (χ3v) is 3.44. The molecular formula is C12H17NO. The summed E-state index contributed by atoms with van der Waals surface area (Å²) in [5.41, 5.74) is 8.07. The molecule has 0 aliphatic heterocycles. The van der Waals surface area contributed by atoms with Crippen molar-refractivity contribution in [2.24, 2.45) is 11.1 Å². The second kappa shape index (κ2) is 2.51. The van der Waals surface area contributed by atoms with E-state index in [9.17, 15) is 5.11 Å². The van der Waals surface area contributed by atoms with Crippen LogP contribution in [0.15, 0.2) is 18.2 Å². The van der Waals surface area contributed by atoms with E-state index >= 15 is 0 Å². The molecule has 2 heteroatoms. The minimum absolute atomic E-state index is 0.109. The highest BCUT2D eigenvalue weighted by Gasteiger charge is 2.60. The fourth-order valence-corrected chi connectivity index (χ4v) is 2.12. The topological polar surface area (TPSA) is 46.2 Å². The Bertz CT molecular complexity index is 384. The van der Waals surface area contributed by atoms with Crippen LogP contribution in [0.3, 0.4) is 0 Å². The van der Waals surface area contributed by atoms with Gasteiger partial charge in [-0.15, -0.1) is 0 Å². The van der Waals surface area contributed by atoms with Gasteiger partial charge in [-0.1, -0.05) is 31.5 Å². The molecule has 1 saturated carbocycles. The van der Waals surface area contributed by atoms with E-state index in [1.165, 1.54) is 0 Å². The molecule has 0 bridgehead atoms. The summed E-state index contributed by atoms with van der Waals surface area (Å²) < 4.78 is 0. The standard InChI is InChI=1S/C12H17NO/c1-8-4-5-10(14)9(6-8)12(13)7-11(12,2)3/h4-6,14H,7,13H2,1-3H3. The molecule has 76 valence electrons. The molecule has 2 nitrogen and oxygen atoms in total.